The van der Waals surface area contributed by atoms with E-state index in [4.69, 9.17) is 0 Å². The molecule has 0 spiro atoms. The van der Waals surface area contributed by atoms with E-state index in [1.54, 1.807) is 28.2 Å². The Morgan fingerprint density at radius 2 is 0.762 bits per heavy atom. The van der Waals surface area contributed by atoms with Gasteiger partial charge in [-0.05, 0) is 0 Å². The van der Waals surface area contributed by atoms with Crippen molar-refractivity contribution in [2.24, 2.45) is 0 Å². The van der Waals surface area contributed by atoms with E-state index in [1.165, 1.54) is 0 Å². The maximum absolute atomic E-state index is 3.72. The summed E-state index contributed by atoms with van der Waals surface area (Å²) >= 11 is 0. The van der Waals surface area contributed by atoms with Crippen molar-refractivity contribution in [2.45, 2.75) is 0 Å². The minimum Gasteiger partial charge on any atom is -0.668 e. The van der Waals surface area contributed by atoms with Crippen LogP contribution in [0.1, 0.15) is 11.1 Å². The molecule has 2 aromatic carbocycles. The zero-order valence-corrected chi connectivity index (χ0v) is 15.1. The average molecular weight is 318 g/mol. The molecule has 0 N–H and O–H groups in total. The van der Waals surface area contributed by atoms with Gasteiger partial charge in [-0.25, -0.2) is 0 Å². The molecule has 21 heavy (non-hydrogen) atoms. The third-order valence-corrected chi connectivity index (χ3v) is 1.69. The zero-order valence-electron chi connectivity index (χ0n) is 13.6. The van der Waals surface area contributed by atoms with Gasteiger partial charge in [0.1, 0.15) is 0 Å². The van der Waals surface area contributed by atoms with Crippen LogP contribution in [-0.2, 0) is 21.7 Å². The van der Waals surface area contributed by atoms with Gasteiger partial charge >= 0.3 is 21.7 Å². The molecule has 0 heterocycles. The van der Waals surface area contributed by atoms with E-state index in [9.17, 15) is 0 Å². The van der Waals surface area contributed by atoms with Crippen LogP contribution in [0.3, 0.4) is 0 Å². The number of hydrogen-bond donors (Lipinski definition) is 0. The van der Waals surface area contributed by atoms with Gasteiger partial charge in [-0.15, -0.1) is 24.3 Å². The fourth-order valence-corrected chi connectivity index (χ4v) is 0.956. The van der Waals surface area contributed by atoms with Crippen molar-refractivity contribution >= 4 is 0 Å². The van der Waals surface area contributed by atoms with Gasteiger partial charge in [-0.3, -0.25) is 0 Å². The summed E-state index contributed by atoms with van der Waals surface area (Å²) in [6, 6.07) is 19.7. The van der Waals surface area contributed by atoms with Crippen molar-refractivity contribution in [3.8, 4) is 0 Å². The van der Waals surface area contributed by atoms with Gasteiger partial charge in [0, 0.05) is 0 Å². The quantitative estimate of drug-likeness (QED) is 0.484. The van der Waals surface area contributed by atoms with Gasteiger partial charge < -0.3 is 10.6 Å². The molecule has 0 saturated heterocycles. The number of nitrogens with zero attached hydrogens (tertiary/aromatic N) is 2. The Balaban J connectivity index is -0.000000220. The average Bonchev–Trinajstić information content (AvgIpc) is 2.43. The summed E-state index contributed by atoms with van der Waals surface area (Å²) < 4.78 is 0. The van der Waals surface area contributed by atoms with Crippen molar-refractivity contribution < 1.29 is 21.7 Å². The first kappa shape index (κ1) is 24.8. The summed E-state index contributed by atoms with van der Waals surface area (Å²) in [6.07, 6.45) is 0. The monoisotopic (exact) mass is 318 g/mol. The summed E-state index contributed by atoms with van der Waals surface area (Å²) in [5.41, 5.74) is 2.14. The standard InChI is InChI=1S/2C7H7.2C2H6N.Ti/c2*1-7-5-3-2-4-6-7;2*1-3-2;/h2*2-6H,1H2;2*1-2H3;/q4*-1;+4. The minimum atomic E-state index is 0. The predicted molar refractivity (Wildman–Crippen MR) is 92.2 cm³/mol. The van der Waals surface area contributed by atoms with E-state index in [0.29, 0.717) is 0 Å². The molecule has 0 aliphatic rings. The molecule has 2 rings (SSSR count). The third kappa shape index (κ3) is 24.2. The molecule has 0 bridgehead atoms. The Hall–Kier alpha value is -1.19. The molecule has 2 nitrogen and oxygen atoms in total. The molecule has 0 atom stereocenters. The molecular formula is C18H26N2Ti. The molecule has 0 fully saturated rings. The van der Waals surface area contributed by atoms with Gasteiger partial charge in [-0.1, -0.05) is 12.1 Å². The molecule has 0 aliphatic heterocycles. The topological polar surface area (TPSA) is 28.2 Å². The van der Waals surface area contributed by atoms with E-state index in [0.717, 1.165) is 11.1 Å². The Morgan fingerprint density at radius 1 is 0.571 bits per heavy atom. The molecule has 0 aromatic heterocycles. The van der Waals surface area contributed by atoms with E-state index in [-0.39, 0.29) is 21.7 Å². The Kier molecular flexibility index (Phi) is 24.9. The SMILES string of the molecule is C[N-]C.C[N-]C.[CH2-]c1ccccc1.[CH2-]c1ccccc1.[Ti+4]. The summed E-state index contributed by atoms with van der Waals surface area (Å²) in [7, 11) is 7.00. The molecule has 0 radical (unpaired) electrons. The largest absolute Gasteiger partial charge is 4.00 e. The second-order valence-corrected chi connectivity index (χ2v) is 3.87. The van der Waals surface area contributed by atoms with Crippen molar-refractivity contribution in [1.82, 2.24) is 0 Å². The number of benzene rings is 2. The van der Waals surface area contributed by atoms with Crippen molar-refractivity contribution in [3.63, 3.8) is 0 Å². The van der Waals surface area contributed by atoms with Gasteiger partial charge in [0.25, 0.3) is 0 Å². The molecule has 112 valence electrons. The van der Waals surface area contributed by atoms with Crippen LogP contribution >= 0.6 is 0 Å². The van der Waals surface area contributed by atoms with E-state index >= 15 is 0 Å². The second-order valence-electron chi connectivity index (χ2n) is 3.87. The van der Waals surface area contributed by atoms with E-state index in [2.05, 4.69) is 24.5 Å². The van der Waals surface area contributed by atoms with Crippen LogP contribution in [-0.4, -0.2) is 28.2 Å². The summed E-state index contributed by atoms with van der Waals surface area (Å²) in [5.74, 6) is 0. The van der Waals surface area contributed by atoms with Crippen LogP contribution < -0.4 is 0 Å². The minimum absolute atomic E-state index is 0. The maximum Gasteiger partial charge on any atom is 4.00 e. The van der Waals surface area contributed by atoms with E-state index in [1.807, 2.05) is 60.7 Å². The number of hydrogen-bond acceptors (Lipinski definition) is 0. The smallest absolute Gasteiger partial charge is 0.668 e. The van der Waals surface area contributed by atoms with Crippen molar-refractivity contribution in [2.75, 3.05) is 28.2 Å². The Labute approximate surface area is 146 Å². The fraction of sp³-hybridized carbons (Fsp3) is 0.222. The van der Waals surface area contributed by atoms with Crippen LogP contribution in [0, 0.1) is 13.8 Å². The van der Waals surface area contributed by atoms with E-state index < -0.39 is 0 Å². The van der Waals surface area contributed by atoms with Crippen LogP contribution in [0.4, 0.5) is 0 Å². The van der Waals surface area contributed by atoms with Crippen LogP contribution in [0.15, 0.2) is 60.7 Å². The molecule has 3 heteroatoms. The van der Waals surface area contributed by atoms with Crippen molar-refractivity contribution in [3.05, 3.63) is 96.3 Å². The first-order valence-electron chi connectivity index (χ1n) is 6.32. The molecule has 2 aromatic rings. The Bertz CT molecular complexity index is 337. The van der Waals surface area contributed by atoms with Crippen LogP contribution in [0.25, 0.3) is 10.6 Å². The fourth-order valence-electron chi connectivity index (χ4n) is 0.956. The molecule has 0 saturated carbocycles. The van der Waals surface area contributed by atoms with Gasteiger partial charge in [0.05, 0.1) is 0 Å². The zero-order chi connectivity index (χ0) is 15.6. The van der Waals surface area contributed by atoms with Gasteiger partial charge in [0.15, 0.2) is 0 Å². The summed E-state index contributed by atoms with van der Waals surface area (Å²) in [6.45, 7) is 7.44. The summed E-state index contributed by atoms with van der Waals surface area (Å²) in [4.78, 5) is 0. The van der Waals surface area contributed by atoms with Gasteiger partial charge in [0.2, 0.25) is 0 Å². The molecule has 0 aliphatic carbocycles. The first-order valence-corrected chi connectivity index (χ1v) is 6.32. The van der Waals surface area contributed by atoms with Gasteiger partial charge in [-0.2, -0.15) is 77.4 Å². The van der Waals surface area contributed by atoms with Crippen LogP contribution in [0.2, 0.25) is 0 Å². The maximum atomic E-state index is 3.72. The predicted octanol–water partition coefficient (Wildman–Crippen LogP) is 4.97. The normalized spacial score (nSPS) is 7.43. The number of rotatable bonds is 0. The second kappa shape index (κ2) is 21.1. The third-order valence-electron chi connectivity index (χ3n) is 1.69. The molecule has 0 amide bonds. The Morgan fingerprint density at radius 3 is 0.857 bits per heavy atom. The molecule has 0 unspecified atom stereocenters. The summed E-state index contributed by atoms with van der Waals surface area (Å²) in [5, 5.41) is 7.00. The first-order chi connectivity index (χ1) is 9.62. The van der Waals surface area contributed by atoms with Crippen molar-refractivity contribution in [1.29, 1.82) is 0 Å². The van der Waals surface area contributed by atoms with Crippen LogP contribution in [0.5, 0.6) is 0 Å². The molecular weight excluding hydrogens is 292 g/mol.